The molecule has 1 aliphatic rings. The van der Waals surface area contributed by atoms with Crippen LogP contribution in [0.25, 0.3) is 0 Å². The van der Waals surface area contributed by atoms with Crippen molar-refractivity contribution in [3.8, 4) is 0 Å². The van der Waals surface area contributed by atoms with E-state index in [9.17, 15) is 13.2 Å². The Morgan fingerprint density at radius 1 is 1.42 bits per heavy atom. The normalized spacial score (nSPS) is 21.2. The molecule has 1 aliphatic heterocycles. The highest BCUT2D eigenvalue weighted by Crippen LogP contribution is 2.22. The molecule has 6 nitrogen and oxygen atoms in total. The van der Waals surface area contributed by atoms with E-state index in [1.807, 2.05) is 0 Å². The molecule has 1 heterocycles. The largest absolute Gasteiger partial charge is 0.399 e. The van der Waals surface area contributed by atoms with E-state index in [2.05, 4.69) is 5.32 Å². The number of carbonyl (C=O) groups excluding carboxylic acids is 1. The molecule has 104 valence electrons. The fourth-order valence-corrected chi connectivity index (χ4v) is 4.07. The van der Waals surface area contributed by atoms with Crippen molar-refractivity contribution in [2.24, 2.45) is 11.7 Å². The van der Waals surface area contributed by atoms with E-state index < -0.39 is 15.7 Å². The topological polar surface area (TPSA) is 115 Å². The Bertz CT molecular complexity index is 598. The maximum absolute atomic E-state index is 11.4. The Balaban J connectivity index is 2.07. The van der Waals surface area contributed by atoms with Crippen LogP contribution in [0.5, 0.6) is 0 Å². The van der Waals surface area contributed by atoms with Crippen molar-refractivity contribution >= 4 is 27.1 Å². The minimum atomic E-state index is -2.89. The van der Waals surface area contributed by atoms with E-state index in [1.54, 1.807) is 18.2 Å². The second kappa shape index (κ2) is 5.08. The number of hydrogen-bond donors (Lipinski definition) is 3. The fourth-order valence-electron chi connectivity index (χ4n) is 2.21. The number of anilines is 2. The summed E-state index contributed by atoms with van der Waals surface area (Å²) in [7, 11) is -2.89. The fraction of sp³-hybridized carbons (Fsp3) is 0.417. The lowest BCUT2D eigenvalue weighted by molar-refractivity contribution is 0.100. The van der Waals surface area contributed by atoms with Gasteiger partial charge in [0.25, 0.3) is 5.91 Å². The highest BCUT2D eigenvalue weighted by Gasteiger charge is 2.27. The Morgan fingerprint density at radius 3 is 2.74 bits per heavy atom. The first kappa shape index (κ1) is 13.7. The zero-order chi connectivity index (χ0) is 14.0. The minimum Gasteiger partial charge on any atom is -0.399 e. The highest BCUT2D eigenvalue weighted by molar-refractivity contribution is 7.91. The van der Waals surface area contributed by atoms with Crippen molar-refractivity contribution < 1.29 is 13.2 Å². The molecule has 2 rings (SSSR count). The number of nitrogens with two attached hydrogens (primary N) is 2. The van der Waals surface area contributed by atoms with Crippen molar-refractivity contribution in [1.29, 1.82) is 0 Å². The highest BCUT2D eigenvalue weighted by atomic mass is 32.2. The maximum Gasteiger partial charge on any atom is 0.250 e. The molecule has 7 heteroatoms. The second-order valence-electron chi connectivity index (χ2n) is 4.82. The summed E-state index contributed by atoms with van der Waals surface area (Å²) < 4.78 is 22.7. The molecular weight excluding hydrogens is 266 g/mol. The molecule has 1 atom stereocenters. The van der Waals surface area contributed by atoms with Crippen molar-refractivity contribution in [2.75, 3.05) is 29.1 Å². The van der Waals surface area contributed by atoms with Crippen molar-refractivity contribution in [3.05, 3.63) is 23.8 Å². The van der Waals surface area contributed by atoms with Crippen LogP contribution >= 0.6 is 0 Å². The number of primary amides is 1. The Hall–Kier alpha value is -1.76. The van der Waals surface area contributed by atoms with Gasteiger partial charge in [-0.15, -0.1) is 0 Å². The number of sulfone groups is 1. The molecular formula is C12H17N3O3S. The molecule has 1 aromatic rings. The molecule has 1 fully saturated rings. The number of amides is 1. The van der Waals surface area contributed by atoms with Crippen LogP contribution in [-0.2, 0) is 9.84 Å². The summed E-state index contributed by atoms with van der Waals surface area (Å²) in [5.74, 6) is -0.0543. The lowest BCUT2D eigenvalue weighted by atomic mass is 10.1. The standard InChI is InChI=1S/C12H17N3O3S/c13-9-1-2-10(12(14)16)11(5-9)15-6-8-3-4-19(17,18)7-8/h1-2,5,8,15H,3-4,6-7,13H2,(H2,14,16). The summed E-state index contributed by atoms with van der Waals surface area (Å²) in [5, 5.41) is 3.07. The molecule has 19 heavy (non-hydrogen) atoms. The van der Waals surface area contributed by atoms with Crippen molar-refractivity contribution in [2.45, 2.75) is 6.42 Å². The molecule has 0 radical (unpaired) electrons. The maximum atomic E-state index is 11.4. The smallest absolute Gasteiger partial charge is 0.250 e. The van der Waals surface area contributed by atoms with Crippen molar-refractivity contribution in [3.63, 3.8) is 0 Å². The lowest BCUT2D eigenvalue weighted by Gasteiger charge is -2.14. The van der Waals surface area contributed by atoms with Gasteiger partial charge in [0.2, 0.25) is 0 Å². The lowest BCUT2D eigenvalue weighted by Crippen LogP contribution is -2.19. The third-order valence-electron chi connectivity index (χ3n) is 3.22. The summed E-state index contributed by atoms with van der Waals surface area (Å²) >= 11 is 0. The average Bonchev–Trinajstić information content (AvgIpc) is 2.66. The quantitative estimate of drug-likeness (QED) is 0.683. The number of rotatable bonds is 4. The van der Waals surface area contributed by atoms with Gasteiger partial charge < -0.3 is 16.8 Å². The first-order valence-electron chi connectivity index (χ1n) is 6.01. The van der Waals surface area contributed by atoms with Crippen LogP contribution in [0.3, 0.4) is 0 Å². The molecule has 0 bridgehead atoms. The van der Waals surface area contributed by atoms with E-state index in [-0.39, 0.29) is 17.4 Å². The van der Waals surface area contributed by atoms with E-state index in [1.165, 1.54) is 0 Å². The first-order valence-corrected chi connectivity index (χ1v) is 7.83. The summed E-state index contributed by atoms with van der Waals surface area (Å²) in [6, 6.07) is 4.79. The van der Waals surface area contributed by atoms with Crippen LogP contribution in [0.4, 0.5) is 11.4 Å². The molecule has 0 aliphatic carbocycles. The molecule has 0 spiro atoms. The number of nitrogens with one attached hydrogen (secondary N) is 1. The summed E-state index contributed by atoms with van der Waals surface area (Å²) in [5.41, 5.74) is 12.4. The SMILES string of the molecule is NC(=O)c1ccc(N)cc1NCC1CCS(=O)(=O)C1. The summed E-state index contributed by atoms with van der Waals surface area (Å²) in [6.07, 6.45) is 0.642. The minimum absolute atomic E-state index is 0.0622. The van der Waals surface area contributed by atoms with Gasteiger partial charge in [-0.05, 0) is 30.5 Å². The molecule has 5 N–H and O–H groups in total. The van der Waals surface area contributed by atoms with Gasteiger partial charge in [-0.3, -0.25) is 4.79 Å². The Kier molecular flexibility index (Phi) is 3.66. The molecule has 0 aromatic heterocycles. The third kappa shape index (κ3) is 3.37. The number of nitrogen functional groups attached to an aromatic ring is 1. The number of benzene rings is 1. The van der Waals surface area contributed by atoms with E-state index in [4.69, 9.17) is 11.5 Å². The molecule has 1 saturated heterocycles. The van der Waals surface area contributed by atoms with Crippen LogP contribution in [0.1, 0.15) is 16.8 Å². The van der Waals surface area contributed by atoms with Gasteiger partial charge in [0.15, 0.2) is 9.84 Å². The van der Waals surface area contributed by atoms with Crippen LogP contribution < -0.4 is 16.8 Å². The van der Waals surface area contributed by atoms with Crippen LogP contribution in [0, 0.1) is 5.92 Å². The molecule has 1 unspecified atom stereocenters. The van der Waals surface area contributed by atoms with Gasteiger partial charge in [0.05, 0.1) is 17.1 Å². The van der Waals surface area contributed by atoms with Gasteiger partial charge in [-0.25, -0.2) is 8.42 Å². The van der Waals surface area contributed by atoms with Gasteiger partial charge in [0, 0.05) is 17.9 Å². The number of hydrogen-bond acceptors (Lipinski definition) is 5. The predicted molar refractivity (Wildman–Crippen MR) is 74.6 cm³/mol. The van der Waals surface area contributed by atoms with Gasteiger partial charge in [-0.1, -0.05) is 0 Å². The van der Waals surface area contributed by atoms with Gasteiger partial charge >= 0.3 is 0 Å². The molecule has 1 aromatic carbocycles. The summed E-state index contributed by atoms with van der Waals surface area (Å²) in [4.78, 5) is 11.3. The third-order valence-corrected chi connectivity index (χ3v) is 5.05. The molecule has 1 amide bonds. The summed E-state index contributed by atoms with van der Waals surface area (Å²) in [6.45, 7) is 0.489. The zero-order valence-corrected chi connectivity index (χ0v) is 11.2. The van der Waals surface area contributed by atoms with Crippen LogP contribution in [0.2, 0.25) is 0 Å². The van der Waals surface area contributed by atoms with Gasteiger partial charge in [-0.2, -0.15) is 0 Å². The van der Waals surface area contributed by atoms with E-state index >= 15 is 0 Å². The monoisotopic (exact) mass is 283 g/mol. The second-order valence-corrected chi connectivity index (χ2v) is 7.05. The van der Waals surface area contributed by atoms with Crippen molar-refractivity contribution in [1.82, 2.24) is 0 Å². The van der Waals surface area contributed by atoms with E-state index in [0.717, 1.165) is 0 Å². The van der Waals surface area contributed by atoms with Crippen LogP contribution in [0.15, 0.2) is 18.2 Å². The average molecular weight is 283 g/mol. The molecule has 0 saturated carbocycles. The van der Waals surface area contributed by atoms with Crippen LogP contribution in [-0.4, -0.2) is 32.4 Å². The van der Waals surface area contributed by atoms with E-state index in [0.29, 0.717) is 29.9 Å². The Morgan fingerprint density at radius 2 is 2.16 bits per heavy atom. The first-order chi connectivity index (χ1) is 8.87. The van der Waals surface area contributed by atoms with Gasteiger partial charge in [0.1, 0.15) is 0 Å². The zero-order valence-electron chi connectivity index (χ0n) is 10.4. The Labute approximate surface area is 112 Å². The number of carbonyl (C=O) groups is 1. The predicted octanol–water partition coefficient (Wildman–Crippen LogP) is 0.214.